The first-order valence-electron chi connectivity index (χ1n) is 4.73. The standard InChI is InChI=1S/C10H11NO.C2H6/c1-3-5-9(6-4-2)10-11-7-8-12-10;1-2/h3-8H,1H2,2H3;1-2H3/b6-4-,9-5+;. The van der Waals surface area contributed by atoms with E-state index < -0.39 is 0 Å². The first kappa shape index (κ1) is 12.4. The van der Waals surface area contributed by atoms with Gasteiger partial charge in [-0.2, -0.15) is 0 Å². The Kier molecular flexibility index (Phi) is 7.15. The molecule has 0 bridgehead atoms. The van der Waals surface area contributed by atoms with Crippen LogP contribution >= 0.6 is 0 Å². The van der Waals surface area contributed by atoms with E-state index in [2.05, 4.69) is 11.6 Å². The molecule has 0 fully saturated rings. The number of hydrogen-bond donors (Lipinski definition) is 0. The van der Waals surface area contributed by atoms with E-state index in [1.54, 1.807) is 18.5 Å². The maximum atomic E-state index is 5.12. The third-order valence-electron chi connectivity index (χ3n) is 1.32. The maximum absolute atomic E-state index is 5.12. The van der Waals surface area contributed by atoms with Crippen LogP contribution in [0.4, 0.5) is 0 Å². The molecule has 0 unspecified atom stereocenters. The molecule has 1 rings (SSSR count). The van der Waals surface area contributed by atoms with Gasteiger partial charge in [0.05, 0.1) is 6.20 Å². The van der Waals surface area contributed by atoms with Crippen LogP contribution in [-0.4, -0.2) is 4.98 Å². The van der Waals surface area contributed by atoms with Crippen LogP contribution in [-0.2, 0) is 0 Å². The molecule has 1 aromatic rings. The zero-order valence-corrected chi connectivity index (χ0v) is 9.03. The molecule has 1 aromatic heterocycles. The molecular formula is C12H17NO. The molecule has 0 amide bonds. The molecule has 0 aliphatic rings. The summed E-state index contributed by atoms with van der Waals surface area (Å²) in [5, 5.41) is 0. The van der Waals surface area contributed by atoms with Crippen LogP contribution in [0, 0.1) is 0 Å². The Morgan fingerprint density at radius 3 is 2.64 bits per heavy atom. The van der Waals surface area contributed by atoms with Crippen molar-refractivity contribution in [2.24, 2.45) is 0 Å². The lowest BCUT2D eigenvalue weighted by molar-refractivity contribution is 0.543. The van der Waals surface area contributed by atoms with Crippen LogP contribution < -0.4 is 0 Å². The first-order valence-corrected chi connectivity index (χ1v) is 4.73. The SMILES string of the molecule is C=C/C=C(\C=C/C)c1ncco1.CC. The van der Waals surface area contributed by atoms with Gasteiger partial charge in [0.2, 0.25) is 5.89 Å². The smallest absolute Gasteiger partial charge is 0.225 e. The Balaban J connectivity index is 0.000000791. The van der Waals surface area contributed by atoms with Gasteiger partial charge in [0, 0.05) is 5.57 Å². The van der Waals surface area contributed by atoms with E-state index in [0.717, 1.165) is 5.57 Å². The van der Waals surface area contributed by atoms with Crippen molar-refractivity contribution in [1.29, 1.82) is 0 Å². The highest BCUT2D eigenvalue weighted by Gasteiger charge is 1.99. The van der Waals surface area contributed by atoms with Crippen LogP contribution in [0.3, 0.4) is 0 Å². The number of hydrogen-bond acceptors (Lipinski definition) is 2. The second-order valence-electron chi connectivity index (χ2n) is 2.19. The molecule has 0 aliphatic heterocycles. The van der Waals surface area contributed by atoms with Crippen molar-refractivity contribution in [3.63, 3.8) is 0 Å². The molecule has 0 aliphatic carbocycles. The van der Waals surface area contributed by atoms with Crippen molar-refractivity contribution in [3.05, 3.63) is 49.2 Å². The Bertz CT molecular complexity index is 294. The van der Waals surface area contributed by atoms with Crippen LogP contribution in [0.5, 0.6) is 0 Å². The summed E-state index contributed by atoms with van der Waals surface area (Å²) in [6, 6.07) is 0. The molecule has 0 spiro atoms. The third-order valence-corrected chi connectivity index (χ3v) is 1.32. The number of aromatic nitrogens is 1. The van der Waals surface area contributed by atoms with Crippen molar-refractivity contribution < 1.29 is 4.42 Å². The highest BCUT2D eigenvalue weighted by Crippen LogP contribution is 2.12. The van der Waals surface area contributed by atoms with Gasteiger partial charge < -0.3 is 4.42 Å². The lowest BCUT2D eigenvalue weighted by Gasteiger charge is -1.92. The lowest BCUT2D eigenvalue weighted by atomic mass is 10.2. The van der Waals surface area contributed by atoms with E-state index in [1.807, 2.05) is 39.0 Å². The van der Waals surface area contributed by atoms with Gasteiger partial charge in [-0.3, -0.25) is 0 Å². The molecule has 0 atom stereocenters. The lowest BCUT2D eigenvalue weighted by Crippen LogP contribution is -1.78. The Morgan fingerprint density at radius 1 is 1.50 bits per heavy atom. The van der Waals surface area contributed by atoms with Crippen molar-refractivity contribution in [1.82, 2.24) is 4.98 Å². The summed E-state index contributed by atoms with van der Waals surface area (Å²) in [4.78, 5) is 4.02. The monoisotopic (exact) mass is 191 g/mol. The molecule has 2 heteroatoms. The predicted octanol–water partition coefficient (Wildman–Crippen LogP) is 3.85. The maximum Gasteiger partial charge on any atom is 0.225 e. The minimum atomic E-state index is 0.619. The average molecular weight is 191 g/mol. The molecular weight excluding hydrogens is 174 g/mol. The highest BCUT2D eigenvalue weighted by atomic mass is 16.3. The predicted molar refractivity (Wildman–Crippen MR) is 60.8 cm³/mol. The third kappa shape index (κ3) is 3.90. The second-order valence-corrected chi connectivity index (χ2v) is 2.19. The molecule has 1 heterocycles. The summed E-state index contributed by atoms with van der Waals surface area (Å²) < 4.78 is 5.12. The van der Waals surface area contributed by atoms with Gasteiger partial charge in [-0.15, -0.1) is 0 Å². The van der Waals surface area contributed by atoms with Crippen LogP contribution in [0.1, 0.15) is 26.7 Å². The minimum Gasteiger partial charge on any atom is -0.445 e. The summed E-state index contributed by atoms with van der Waals surface area (Å²) in [6.07, 6.45) is 10.6. The van der Waals surface area contributed by atoms with Gasteiger partial charge in [0.25, 0.3) is 0 Å². The molecule has 0 aromatic carbocycles. The largest absolute Gasteiger partial charge is 0.445 e. The fourth-order valence-electron chi connectivity index (χ4n) is 0.871. The van der Waals surface area contributed by atoms with Gasteiger partial charge in [-0.25, -0.2) is 4.98 Å². The summed E-state index contributed by atoms with van der Waals surface area (Å²) in [5.74, 6) is 0.619. The highest BCUT2D eigenvalue weighted by molar-refractivity contribution is 5.69. The quantitative estimate of drug-likeness (QED) is 0.678. The fourth-order valence-corrected chi connectivity index (χ4v) is 0.871. The van der Waals surface area contributed by atoms with Crippen molar-refractivity contribution in [3.8, 4) is 0 Å². The van der Waals surface area contributed by atoms with Crippen molar-refractivity contribution in [2.45, 2.75) is 20.8 Å². The van der Waals surface area contributed by atoms with Gasteiger partial charge in [-0.05, 0) is 6.92 Å². The Hall–Kier alpha value is -1.57. The van der Waals surface area contributed by atoms with Crippen molar-refractivity contribution >= 4 is 5.57 Å². The fraction of sp³-hybridized carbons (Fsp3) is 0.250. The molecule has 0 saturated heterocycles. The van der Waals surface area contributed by atoms with E-state index in [-0.39, 0.29) is 0 Å². The van der Waals surface area contributed by atoms with Crippen LogP contribution in [0.25, 0.3) is 5.57 Å². The van der Waals surface area contributed by atoms with Gasteiger partial charge in [0.15, 0.2) is 0 Å². The zero-order chi connectivity index (χ0) is 10.8. The van der Waals surface area contributed by atoms with Gasteiger partial charge >= 0.3 is 0 Å². The molecule has 2 nitrogen and oxygen atoms in total. The van der Waals surface area contributed by atoms with E-state index in [1.165, 1.54) is 0 Å². The van der Waals surface area contributed by atoms with Crippen LogP contribution in [0.2, 0.25) is 0 Å². The Labute approximate surface area is 85.7 Å². The summed E-state index contributed by atoms with van der Waals surface area (Å²) >= 11 is 0. The summed E-state index contributed by atoms with van der Waals surface area (Å²) in [5.41, 5.74) is 0.928. The average Bonchev–Trinajstić information content (AvgIpc) is 2.73. The van der Waals surface area contributed by atoms with Gasteiger partial charge in [0.1, 0.15) is 6.26 Å². The normalized spacial score (nSPS) is 10.9. The van der Waals surface area contributed by atoms with E-state index in [0.29, 0.717) is 5.89 Å². The van der Waals surface area contributed by atoms with E-state index >= 15 is 0 Å². The molecule has 0 saturated carbocycles. The van der Waals surface area contributed by atoms with E-state index in [4.69, 9.17) is 4.42 Å². The summed E-state index contributed by atoms with van der Waals surface area (Å²) in [7, 11) is 0. The van der Waals surface area contributed by atoms with Crippen molar-refractivity contribution in [2.75, 3.05) is 0 Å². The number of allylic oxidation sites excluding steroid dienone is 5. The molecule has 76 valence electrons. The Morgan fingerprint density at radius 2 is 2.21 bits per heavy atom. The number of rotatable bonds is 3. The van der Waals surface area contributed by atoms with E-state index in [9.17, 15) is 0 Å². The number of oxazole rings is 1. The second kappa shape index (κ2) is 8.05. The van der Waals surface area contributed by atoms with Gasteiger partial charge in [-0.1, -0.05) is 44.7 Å². The number of nitrogens with zero attached hydrogens (tertiary/aromatic N) is 1. The van der Waals surface area contributed by atoms with Crippen LogP contribution in [0.15, 0.2) is 47.8 Å². The topological polar surface area (TPSA) is 26.0 Å². The minimum absolute atomic E-state index is 0.619. The molecule has 0 N–H and O–H groups in total. The first-order chi connectivity index (χ1) is 6.88. The zero-order valence-electron chi connectivity index (χ0n) is 9.03. The molecule has 0 radical (unpaired) electrons. The molecule has 14 heavy (non-hydrogen) atoms. The summed E-state index contributed by atoms with van der Waals surface area (Å²) in [6.45, 7) is 9.56.